The summed E-state index contributed by atoms with van der Waals surface area (Å²) in [6.07, 6.45) is 6.93. The van der Waals surface area contributed by atoms with Gasteiger partial charge in [0.15, 0.2) is 0 Å². The van der Waals surface area contributed by atoms with E-state index in [1.165, 1.54) is 25.7 Å². The van der Waals surface area contributed by atoms with Crippen LogP contribution < -0.4 is 5.32 Å². The van der Waals surface area contributed by atoms with Crippen LogP contribution in [0.4, 0.5) is 5.82 Å². The molecule has 1 aromatic heterocycles. The maximum atomic E-state index is 5.76. The summed E-state index contributed by atoms with van der Waals surface area (Å²) >= 11 is 9.18. The first-order valence-electron chi connectivity index (χ1n) is 5.51. The van der Waals surface area contributed by atoms with Crippen molar-refractivity contribution in [2.75, 3.05) is 11.9 Å². The van der Waals surface area contributed by atoms with E-state index in [-0.39, 0.29) is 5.28 Å². The summed E-state index contributed by atoms with van der Waals surface area (Å²) < 4.78 is 0.860. The molecular weight excluding hydrogens is 289 g/mol. The van der Waals surface area contributed by atoms with E-state index < -0.39 is 0 Å². The van der Waals surface area contributed by atoms with Crippen molar-refractivity contribution in [2.24, 2.45) is 5.41 Å². The molecule has 0 saturated heterocycles. The average molecular weight is 305 g/mol. The first-order chi connectivity index (χ1) is 7.59. The van der Waals surface area contributed by atoms with Crippen molar-refractivity contribution in [1.82, 2.24) is 9.97 Å². The number of hydrogen-bond donors (Lipinski definition) is 1. The highest BCUT2D eigenvalue weighted by molar-refractivity contribution is 9.10. The lowest BCUT2D eigenvalue weighted by molar-refractivity contribution is 0.361. The quantitative estimate of drug-likeness (QED) is 0.861. The minimum atomic E-state index is 0.280. The number of hydrogen-bond acceptors (Lipinski definition) is 3. The summed E-state index contributed by atoms with van der Waals surface area (Å²) in [5.74, 6) is 0.785. The molecule has 1 aliphatic carbocycles. The number of anilines is 1. The zero-order chi connectivity index (χ0) is 11.6. The summed E-state index contributed by atoms with van der Waals surface area (Å²) in [6.45, 7) is 3.27. The highest BCUT2D eigenvalue weighted by atomic mass is 79.9. The number of halogens is 2. The summed E-state index contributed by atoms with van der Waals surface area (Å²) in [6, 6.07) is 0. The van der Waals surface area contributed by atoms with Crippen LogP contribution in [0.2, 0.25) is 5.28 Å². The molecule has 0 bridgehead atoms. The van der Waals surface area contributed by atoms with Gasteiger partial charge in [-0.05, 0) is 45.8 Å². The first kappa shape index (κ1) is 12.1. The van der Waals surface area contributed by atoms with Crippen LogP contribution in [0.1, 0.15) is 32.6 Å². The molecule has 5 heteroatoms. The molecule has 1 heterocycles. The molecule has 88 valence electrons. The van der Waals surface area contributed by atoms with Crippen molar-refractivity contribution in [3.05, 3.63) is 16.0 Å². The molecule has 3 nitrogen and oxygen atoms in total. The Morgan fingerprint density at radius 2 is 2.19 bits per heavy atom. The summed E-state index contributed by atoms with van der Waals surface area (Å²) in [4.78, 5) is 8.07. The van der Waals surface area contributed by atoms with Gasteiger partial charge in [-0.1, -0.05) is 19.8 Å². The maximum Gasteiger partial charge on any atom is 0.224 e. The van der Waals surface area contributed by atoms with Gasteiger partial charge in [-0.3, -0.25) is 0 Å². The number of aromatic nitrogens is 2. The standard InChI is InChI=1S/C11H15BrClN3/c1-11(4-2-3-5-11)7-15-9-8(12)6-14-10(13)16-9/h6H,2-5,7H2,1H3,(H,14,15,16). The predicted octanol–water partition coefficient (Wildman–Crippen LogP) is 3.88. The Bertz CT molecular complexity index is 377. The van der Waals surface area contributed by atoms with Gasteiger partial charge in [-0.25, -0.2) is 4.98 Å². The van der Waals surface area contributed by atoms with Crippen LogP contribution in [0.3, 0.4) is 0 Å². The average Bonchev–Trinajstić information content (AvgIpc) is 2.67. The molecule has 0 aliphatic heterocycles. The third kappa shape index (κ3) is 2.86. The van der Waals surface area contributed by atoms with Gasteiger partial charge in [0.05, 0.1) is 4.47 Å². The fourth-order valence-electron chi connectivity index (χ4n) is 2.17. The monoisotopic (exact) mass is 303 g/mol. The van der Waals surface area contributed by atoms with Crippen molar-refractivity contribution in [2.45, 2.75) is 32.6 Å². The van der Waals surface area contributed by atoms with Crippen LogP contribution in [-0.4, -0.2) is 16.5 Å². The van der Waals surface area contributed by atoms with Crippen LogP contribution in [0.5, 0.6) is 0 Å². The Morgan fingerprint density at radius 3 is 2.88 bits per heavy atom. The fourth-order valence-corrected chi connectivity index (χ4v) is 2.64. The third-order valence-corrected chi connectivity index (χ3v) is 3.97. The first-order valence-corrected chi connectivity index (χ1v) is 6.68. The molecule has 16 heavy (non-hydrogen) atoms. The van der Waals surface area contributed by atoms with Gasteiger partial charge in [0.1, 0.15) is 5.82 Å². The molecule has 1 N–H and O–H groups in total. The van der Waals surface area contributed by atoms with Gasteiger partial charge in [-0.15, -0.1) is 0 Å². The Morgan fingerprint density at radius 1 is 1.50 bits per heavy atom. The van der Waals surface area contributed by atoms with Crippen molar-refractivity contribution >= 4 is 33.3 Å². The number of rotatable bonds is 3. The zero-order valence-electron chi connectivity index (χ0n) is 9.26. The second-order valence-electron chi connectivity index (χ2n) is 4.71. The fraction of sp³-hybridized carbons (Fsp3) is 0.636. The molecular formula is C11H15BrClN3. The third-order valence-electron chi connectivity index (χ3n) is 3.21. The Hall–Kier alpha value is -0.350. The lowest BCUT2D eigenvalue weighted by Gasteiger charge is -2.24. The second kappa shape index (κ2) is 4.88. The van der Waals surface area contributed by atoms with Crippen molar-refractivity contribution < 1.29 is 0 Å². The predicted molar refractivity (Wildman–Crippen MR) is 69.8 cm³/mol. The van der Waals surface area contributed by atoms with Gasteiger partial charge < -0.3 is 5.32 Å². The lowest BCUT2D eigenvalue weighted by atomic mass is 9.89. The van der Waals surface area contributed by atoms with E-state index in [9.17, 15) is 0 Å². The molecule has 0 spiro atoms. The minimum absolute atomic E-state index is 0.280. The lowest BCUT2D eigenvalue weighted by Crippen LogP contribution is -2.23. The van der Waals surface area contributed by atoms with Gasteiger partial charge in [0.25, 0.3) is 0 Å². The summed E-state index contributed by atoms with van der Waals surface area (Å²) in [5.41, 5.74) is 0.400. The minimum Gasteiger partial charge on any atom is -0.368 e. The molecule has 0 amide bonds. The summed E-state index contributed by atoms with van der Waals surface area (Å²) in [5, 5.41) is 3.63. The van der Waals surface area contributed by atoms with Crippen molar-refractivity contribution in [1.29, 1.82) is 0 Å². The van der Waals surface area contributed by atoms with Gasteiger partial charge >= 0.3 is 0 Å². The van der Waals surface area contributed by atoms with Gasteiger partial charge in [0.2, 0.25) is 5.28 Å². The largest absolute Gasteiger partial charge is 0.368 e. The highest BCUT2D eigenvalue weighted by Gasteiger charge is 2.28. The highest BCUT2D eigenvalue weighted by Crippen LogP contribution is 2.37. The molecule has 0 radical (unpaired) electrons. The van der Waals surface area contributed by atoms with Crippen LogP contribution in [0.25, 0.3) is 0 Å². The SMILES string of the molecule is CC1(CNc2nc(Cl)ncc2Br)CCCC1. The van der Waals surface area contributed by atoms with E-state index in [1.807, 2.05) is 0 Å². The normalized spacial score (nSPS) is 18.7. The van der Waals surface area contributed by atoms with E-state index in [0.29, 0.717) is 5.41 Å². The van der Waals surface area contributed by atoms with Crippen LogP contribution in [-0.2, 0) is 0 Å². The number of nitrogens with one attached hydrogen (secondary N) is 1. The Kier molecular flexibility index (Phi) is 3.70. The van der Waals surface area contributed by atoms with Crippen LogP contribution >= 0.6 is 27.5 Å². The topological polar surface area (TPSA) is 37.8 Å². The van der Waals surface area contributed by atoms with E-state index in [2.05, 4.69) is 38.1 Å². The molecule has 1 fully saturated rings. The van der Waals surface area contributed by atoms with Gasteiger partial charge in [-0.2, -0.15) is 4.98 Å². The van der Waals surface area contributed by atoms with E-state index in [4.69, 9.17) is 11.6 Å². The van der Waals surface area contributed by atoms with Crippen LogP contribution in [0, 0.1) is 5.41 Å². The zero-order valence-corrected chi connectivity index (χ0v) is 11.6. The van der Waals surface area contributed by atoms with Crippen LogP contribution in [0.15, 0.2) is 10.7 Å². The molecule has 1 aromatic rings. The molecule has 1 aliphatic rings. The van der Waals surface area contributed by atoms with Crippen molar-refractivity contribution in [3.63, 3.8) is 0 Å². The molecule has 0 atom stereocenters. The van der Waals surface area contributed by atoms with E-state index >= 15 is 0 Å². The smallest absolute Gasteiger partial charge is 0.224 e. The molecule has 0 aromatic carbocycles. The van der Waals surface area contributed by atoms with Crippen molar-refractivity contribution in [3.8, 4) is 0 Å². The maximum absolute atomic E-state index is 5.76. The molecule has 0 unspecified atom stereocenters. The Balaban J connectivity index is 2.01. The summed E-state index contributed by atoms with van der Waals surface area (Å²) in [7, 11) is 0. The molecule has 1 saturated carbocycles. The molecule has 2 rings (SSSR count). The van der Waals surface area contributed by atoms with E-state index in [1.54, 1.807) is 6.20 Å². The second-order valence-corrected chi connectivity index (χ2v) is 5.90. The number of nitrogens with zero attached hydrogens (tertiary/aromatic N) is 2. The van der Waals surface area contributed by atoms with E-state index in [0.717, 1.165) is 16.8 Å². The Labute approximate surface area is 109 Å². The van der Waals surface area contributed by atoms with Gasteiger partial charge in [0, 0.05) is 12.7 Å².